The van der Waals surface area contributed by atoms with Gasteiger partial charge in [-0.2, -0.15) is 0 Å². The van der Waals surface area contributed by atoms with E-state index in [1.54, 1.807) is 23.1 Å². The average Bonchev–Trinajstić information content (AvgIpc) is 3.20. The zero-order valence-electron chi connectivity index (χ0n) is 18.4. The first-order valence-corrected chi connectivity index (χ1v) is 13.0. The molecule has 1 aromatic heterocycles. The Balaban J connectivity index is 1.73. The minimum atomic E-state index is 0.128. The smallest absolute Gasteiger partial charge is 0.229 e. The summed E-state index contributed by atoms with van der Waals surface area (Å²) < 4.78 is 1.14. The molecule has 0 atom stereocenters. The van der Waals surface area contributed by atoms with Gasteiger partial charge in [-0.1, -0.05) is 49.8 Å². The van der Waals surface area contributed by atoms with Crippen molar-refractivity contribution in [1.82, 2.24) is 9.88 Å². The predicted molar refractivity (Wildman–Crippen MR) is 136 cm³/mol. The molecule has 0 N–H and O–H groups in total. The molecule has 0 fully saturated rings. The molecule has 3 rings (SSSR count). The molecule has 0 saturated carbocycles. The topological polar surface area (TPSA) is 36.4 Å². The number of nitrogens with zero attached hydrogens (tertiary/aromatic N) is 3. The van der Waals surface area contributed by atoms with Gasteiger partial charge < -0.3 is 4.90 Å². The van der Waals surface area contributed by atoms with Crippen LogP contribution in [0.1, 0.15) is 32.8 Å². The standard InChI is InChI=1S/C24H30ClN3OS2/c1-4-18-7-12-21-22(17-18)31-24(26-21)28(15-14-27(5-2)6-3)23(29)13-16-30-20-10-8-19(25)9-11-20/h7-12,17H,4-6,13-16H2,1-3H3. The van der Waals surface area contributed by atoms with Crippen LogP contribution >= 0.6 is 34.7 Å². The van der Waals surface area contributed by atoms with E-state index in [9.17, 15) is 4.79 Å². The van der Waals surface area contributed by atoms with Crippen LogP contribution in [0.15, 0.2) is 47.4 Å². The lowest BCUT2D eigenvalue weighted by atomic mass is 10.2. The summed E-state index contributed by atoms with van der Waals surface area (Å²) in [4.78, 5) is 23.4. The molecule has 0 radical (unpaired) electrons. The minimum absolute atomic E-state index is 0.128. The van der Waals surface area contributed by atoms with Gasteiger partial charge in [0.2, 0.25) is 5.91 Å². The number of benzene rings is 2. The van der Waals surface area contributed by atoms with Gasteiger partial charge in [0.05, 0.1) is 10.2 Å². The molecule has 1 heterocycles. The van der Waals surface area contributed by atoms with Gasteiger partial charge in [-0.3, -0.25) is 9.69 Å². The van der Waals surface area contributed by atoms with Crippen molar-refractivity contribution in [2.45, 2.75) is 38.5 Å². The minimum Gasteiger partial charge on any atom is -0.302 e. The Morgan fingerprint density at radius 1 is 1.06 bits per heavy atom. The van der Waals surface area contributed by atoms with Crippen LogP contribution in [-0.4, -0.2) is 47.7 Å². The number of aryl methyl sites for hydroxylation is 1. The van der Waals surface area contributed by atoms with Crippen molar-refractivity contribution in [2.75, 3.05) is 36.8 Å². The number of fused-ring (bicyclic) bond motifs is 1. The van der Waals surface area contributed by atoms with E-state index in [-0.39, 0.29) is 5.91 Å². The number of rotatable bonds is 11. The molecule has 2 aromatic carbocycles. The molecule has 0 spiro atoms. The SMILES string of the molecule is CCc1ccc2nc(N(CCN(CC)CC)C(=O)CCSc3ccc(Cl)cc3)sc2c1. The van der Waals surface area contributed by atoms with Crippen LogP contribution in [0, 0.1) is 0 Å². The van der Waals surface area contributed by atoms with E-state index in [1.165, 1.54) is 5.56 Å². The van der Waals surface area contributed by atoms with Crippen molar-refractivity contribution < 1.29 is 4.79 Å². The molecule has 4 nitrogen and oxygen atoms in total. The van der Waals surface area contributed by atoms with Gasteiger partial charge in [-0.05, 0) is 61.5 Å². The highest BCUT2D eigenvalue weighted by Gasteiger charge is 2.20. The monoisotopic (exact) mass is 475 g/mol. The highest BCUT2D eigenvalue weighted by molar-refractivity contribution is 7.99. The first-order chi connectivity index (χ1) is 15.0. The maximum Gasteiger partial charge on any atom is 0.229 e. The number of hydrogen-bond acceptors (Lipinski definition) is 5. The van der Waals surface area contributed by atoms with E-state index in [0.29, 0.717) is 13.0 Å². The van der Waals surface area contributed by atoms with Crippen molar-refractivity contribution in [1.29, 1.82) is 0 Å². The lowest BCUT2D eigenvalue weighted by Crippen LogP contribution is -2.39. The van der Waals surface area contributed by atoms with Crippen LogP contribution in [0.2, 0.25) is 5.02 Å². The summed E-state index contributed by atoms with van der Waals surface area (Å²) >= 11 is 9.26. The lowest BCUT2D eigenvalue weighted by molar-refractivity contribution is -0.118. The number of anilines is 1. The van der Waals surface area contributed by atoms with Crippen molar-refractivity contribution in [3.63, 3.8) is 0 Å². The van der Waals surface area contributed by atoms with E-state index < -0.39 is 0 Å². The van der Waals surface area contributed by atoms with Crippen molar-refractivity contribution in [2.24, 2.45) is 0 Å². The van der Waals surface area contributed by atoms with Crippen LogP contribution in [0.4, 0.5) is 5.13 Å². The number of carbonyl (C=O) groups excluding carboxylic acids is 1. The molecule has 7 heteroatoms. The van der Waals surface area contributed by atoms with Crippen molar-refractivity contribution in [3.8, 4) is 0 Å². The summed E-state index contributed by atoms with van der Waals surface area (Å²) in [6.07, 6.45) is 1.47. The fourth-order valence-electron chi connectivity index (χ4n) is 3.32. The van der Waals surface area contributed by atoms with E-state index in [0.717, 1.165) is 57.1 Å². The molecule has 1 amide bonds. The lowest BCUT2D eigenvalue weighted by Gasteiger charge is -2.24. The quantitative estimate of drug-likeness (QED) is 0.302. The van der Waals surface area contributed by atoms with Crippen LogP contribution < -0.4 is 4.90 Å². The number of hydrogen-bond donors (Lipinski definition) is 0. The number of thioether (sulfide) groups is 1. The maximum atomic E-state index is 13.2. The Hall–Kier alpha value is -1.60. The zero-order valence-corrected chi connectivity index (χ0v) is 20.8. The Bertz CT molecular complexity index is 986. The molecule has 0 bridgehead atoms. The van der Waals surface area contributed by atoms with Gasteiger partial charge in [0.1, 0.15) is 0 Å². The summed E-state index contributed by atoms with van der Waals surface area (Å²) in [5.41, 5.74) is 2.26. The molecule has 0 aliphatic heterocycles. The number of likely N-dealkylation sites (N-methyl/N-ethyl adjacent to an activating group) is 1. The van der Waals surface area contributed by atoms with Crippen LogP contribution in [0.3, 0.4) is 0 Å². The molecule has 31 heavy (non-hydrogen) atoms. The Labute approximate surface area is 198 Å². The predicted octanol–water partition coefficient (Wildman–Crippen LogP) is 6.37. The third-order valence-corrected chi connectivity index (χ3v) is 7.62. The van der Waals surface area contributed by atoms with Gasteiger partial charge in [0, 0.05) is 35.2 Å². The summed E-state index contributed by atoms with van der Waals surface area (Å²) in [7, 11) is 0. The Morgan fingerprint density at radius 3 is 2.48 bits per heavy atom. The summed E-state index contributed by atoms with van der Waals surface area (Å²) in [6, 6.07) is 14.1. The molecule has 0 saturated heterocycles. The molecular weight excluding hydrogens is 446 g/mol. The average molecular weight is 476 g/mol. The molecule has 0 aliphatic rings. The fraction of sp³-hybridized carbons (Fsp3) is 0.417. The summed E-state index contributed by atoms with van der Waals surface area (Å²) in [6.45, 7) is 9.92. The second kappa shape index (κ2) is 11.9. The van der Waals surface area contributed by atoms with E-state index in [4.69, 9.17) is 16.6 Å². The van der Waals surface area contributed by atoms with Gasteiger partial charge >= 0.3 is 0 Å². The van der Waals surface area contributed by atoms with Gasteiger partial charge in [0.25, 0.3) is 0 Å². The highest BCUT2D eigenvalue weighted by atomic mass is 35.5. The van der Waals surface area contributed by atoms with E-state index in [1.807, 2.05) is 29.2 Å². The normalized spacial score (nSPS) is 11.4. The highest BCUT2D eigenvalue weighted by Crippen LogP contribution is 2.30. The summed E-state index contributed by atoms with van der Waals surface area (Å²) in [5, 5.41) is 1.53. The Morgan fingerprint density at radius 2 is 1.81 bits per heavy atom. The third kappa shape index (κ3) is 6.69. The van der Waals surface area contributed by atoms with Crippen LogP contribution in [0.5, 0.6) is 0 Å². The first kappa shape index (κ1) is 24.1. The van der Waals surface area contributed by atoms with Crippen LogP contribution in [-0.2, 0) is 11.2 Å². The second-order valence-corrected chi connectivity index (χ2v) is 9.89. The zero-order chi connectivity index (χ0) is 22.2. The maximum absolute atomic E-state index is 13.2. The number of aromatic nitrogens is 1. The van der Waals surface area contributed by atoms with Crippen molar-refractivity contribution in [3.05, 3.63) is 53.1 Å². The second-order valence-electron chi connectivity index (χ2n) is 7.28. The van der Waals surface area contributed by atoms with Crippen LogP contribution in [0.25, 0.3) is 10.2 Å². The van der Waals surface area contributed by atoms with Gasteiger partial charge in [-0.15, -0.1) is 11.8 Å². The molecule has 3 aromatic rings. The number of halogens is 1. The molecule has 0 aliphatic carbocycles. The first-order valence-electron chi connectivity index (χ1n) is 10.8. The molecule has 166 valence electrons. The number of thiazole rings is 1. The van der Waals surface area contributed by atoms with E-state index in [2.05, 4.69) is 43.9 Å². The largest absolute Gasteiger partial charge is 0.302 e. The van der Waals surface area contributed by atoms with Gasteiger partial charge in [0.15, 0.2) is 5.13 Å². The molecular formula is C24H30ClN3OS2. The van der Waals surface area contributed by atoms with Crippen molar-refractivity contribution >= 4 is 56.0 Å². The number of amides is 1. The van der Waals surface area contributed by atoms with Gasteiger partial charge in [-0.25, -0.2) is 4.98 Å². The molecule has 0 unspecified atom stereocenters. The fourth-order valence-corrected chi connectivity index (χ4v) is 5.36. The Kier molecular flexibility index (Phi) is 9.20. The summed E-state index contributed by atoms with van der Waals surface area (Å²) in [5.74, 6) is 0.857. The van der Waals surface area contributed by atoms with E-state index >= 15 is 0 Å². The number of carbonyl (C=O) groups is 1. The third-order valence-electron chi connectivity index (χ3n) is 5.31.